The van der Waals surface area contributed by atoms with E-state index in [4.69, 9.17) is 23.2 Å². The first kappa shape index (κ1) is 14.0. The van der Waals surface area contributed by atoms with Crippen LogP contribution in [-0.4, -0.2) is 35.5 Å². The quantitative estimate of drug-likeness (QED) is 0.621. The number of Topliss-reactive ketones (excluding diaryl/α,β-unsaturated/α-hetero) is 2. The molecule has 6 heteroatoms. The molecule has 4 nitrogen and oxygen atoms in total. The van der Waals surface area contributed by atoms with Gasteiger partial charge in [-0.1, -0.05) is 23.2 Å². The number of rotatable bonds is 2. The van der Waals surface area contributed by atoms with E-state index in [2.05, 4.69) is 0 Å². The van der Waals surface area contributed by atoms with Gasteiger partial charge in [-0.15, -0.1) is 0 Å². The number of amides is 1. The molecule has 0 N–H and O–H groups in total. The van der Waals surface area contributed by atoms with E-state index in [9.17, 15) is 14.4 Å². The molecule has 100 valence electrons. The zero-order valence-electron chi connectivity index (χ0n) is 10.3. The third-order valence-electron chi connectivity index (χ3n) is 3.33. The highest BCUT2D eigenvalue weighted by Gasteiger charge is 2.47. The molecule has 2 rings (SSSR count). The van der Waals surface area contributed by atoms with Crippen molar-refractivity contribution in [1.29, 1.82) is 0 Å². The summed E-state index contributed by atoms with van der Waals surface area (Å²) in [5.41, 5.74) is 0.139. The maximum atomic E-state index is 12.3. The van der Waals surface area contributed by atoms with Crippen molar-refractivity contribution in [3.05, 3.63) is 33.8 Å². The summed E-state index contributed by atoms with van der Waals surface area (Å²) in [5, 5.41) is 0.524. The van der Waals surface area contributed by atoms with Gasteiger partial charge in [0, 0.05) is 17.6 Å². The number of nitrogens with zero attached hydrogens (tertiary/aromatic N) is 1. The van der Waals surface area contributed by atoms with Crippen molar-refractivity contribution in [2.45, 2.75) is 13.0 Å². The van der Waals surface area contributed by atoms with Gasteiger partial charge in [0.15, 0.2) is 17.5 Å². The zero-order valence-corrected chi connectivity index (χ0v) is 11.8. The van der Waals surface area contributed by atoms with Crippen molar-refractivity contribution < 1.29 is 14.4 Å². The SMILES string of the molecule is CC1C(=O)C(C(=O)c2ccc(Cl)cc2Cl)C(=O)N1C. The molecule has 1 fully saturated rings. The number of benzene rings is 1. The predicted octanol–water partition coefficient (Wildman–Crippen LogP) is 2.22. The van der Waals surface area contributed by atoms with Crippen LogP contribution in [0.2, 0.25) is 10.0 Å². The average molecular weight is 300 g/mol. The van der Waals surface area contributed by atoms with Crippen LogP contribution in [0.25, 0.3) is 0 Å². The third-order valence-corrected chi connectivity index (χ3v) is 3.88. The summed E-state index contributed by atoms with van der Waals surface area (Å²) in [6, 6.07) is 3.74. The van der Waals surface area contributed by atoms with Crippen molar-refractivity contribution >= 4 is 40.7 Å². The highest BCUT2D eigenvalue weighted by atomic mass is 35.5. The van der Waals surface area contributed by atoms with Gasteiger partial charge in [0.2, 0.25) is 5.91 Å². The average Bonchev–Trinajstić information content (AvgIpc) is 2.53. The van der Waals surface area contributed by atoms with Crippen LogP contribution in [0.5, 0.6) is 0 Å². The molecule has 0 aromatic heterocycles. The van der Waals surface area contributed by atoms with Crippen molar-refractivity contribution in [3.8, 4) is 0 Å². The molecule has 0 aliphatic carbocycles. The second kappa shape index (κ2) is 4.94. The van der Waals surface area contributed by atoms with Crippen LogP contribution in [0.3, 0.4) is 0 Å². The van der Waals surface area contributed by atoms with Crippen LogP contribution in [0.1, 0.15) is 17.3 Å². The monoisotopic (exact) mass is 299 g/mol. The second-order valence-corrected chi connectivity index (χ2v) is 5.29. The molecule has 0 spiro atoms. The van der Waals surface area contributed by atoms with Crippen molar-refractivity contribution in [2.24, 2.45) is 5.92 Å². The van der Waals surface area contributed by atoms with Gasteiger partial charge in [0.25, 0.3) is 0 Å². The Hall–Kier alpha value is -1.39. The number of carbonyl (C=O) groups is 3. The molecule has 19 heavy (non-hydrogen) atoms. The van der Waals surface area contributed by atoms with Gasteiger partial charge in [0.1, 0.15) is 0 Å². The van der Waals surface area contributed by atoms with Crippen LogP contribution in [0.15, 0.2) is 18.2 Å². The second-order valence-electron chi connectivity index (χ2n) is 4.45. The van der Waals surface area contributed by atoms with Crippen molar-refractivity contribution in [3.63, 3.8) is 0 Å². The Bertz CT molecular complexity index is 565. The minimum absolute atomic E-state index is 0.139. The summed E-state index contributed by atoms with van der Waals surface area (Å²) in [6.45, 7) is 1.59. The Labute approximate surface area is 120 Å². The van der Waals surface area contributed by atoms with E-state index in [1.165, 1.54) is 30.1 Å². The summed E-state index contributed by atoms with van der Waals surface area (Å²) in [6.07, 6.45) is 0. The van der Waals surface area contributed by atoms with E-state index >= 15 is 0 Å². The highest BCUT2D eigenvalue weighted by Crippen LogP contribution is 2.28. The number of likely N-dealkylation sites (N-methyl/N-ethyl adjacent to an activating group) is 1. The van der Waals surface area contributed by atoms with E-state index in [0.717, 1.165) is 0 Å². The van der Waals surface area contributed by atoms with E-state index < -0.39 is 29.4 Å². The molecule has 1 heterocycles. The fraction of sp³-hybridized carbons (Fsp3) is 0.308. The maximum Gasteiger partial charge on any atom is 0.241 e. The minimum atomic E-state index is -1.29. The number of hydrogen-bond donors (Lipinski definition) is 0. The van der Waals surface area contributed by atoms with Gasteiger partial charge in [-0.2, -0.15) is 0 Å². The van der Waals surface area contributed by atoms with Crippen LogP contribution in [0.4, 0.5) is 0 Å². The Morgan fingerprint density at radius 1 is 1.26 bits per heavy atom. The van der Waals surface area contributed by atoms with Gasteiger partial charge in [-0.25, -0.2) is 0 Å². The lowest BCUT2D eigenvalue weighted by atomic mass is 9.94. The highest BCUT2D eigenvalue weighted by molar-refractivity contribution is 6.38. The first-order valence-corrected chi connectivity index (χ1v) is 6.40. The molecule has 2 unspecified atom stereocenters. The van der Waals surface area contributed by atoms with E-state index in [-0.39, 0.29) is 10.6 Å². The fourth-order valence-corrected chi connectivity index (χ4v) is 2.54. The predicted molar refractivity (Wildman–Crippen MR) is 71.5 cm³/mol. The first-order valence-electron chi connectivity index (χ1n) is 5.64. The summed E-state index contributed by atoms with van der Waals surface area (Å²) >= 11 is 11.7. The molecule has 0 bridgehead atoms. The summed E-state index contributed by atoms with van der Waals surface area (Å²) < 4.78 is 0. The number of likely N-dealkylation sites (tertiary alicyclic amines) is 1. The molecule has 2 atom stereocenters. The molecule has 1 aliphatic heterocycles. The molecule has 1 aliphatic rings. The number of hydrogen-bond acceptors (Lipinski definition) is 3. The lowest BCUT2D eigenvalue weighted by Gasteiger charge is -2.12. The van der Waals surface area contributed by atoms with Gasteiger partial charge < -0.3 is 4.90 Å². The van der Waals surface area contributed by atoms with Gasteiger partial charge in [-0.3, -0.25) is 14.4 Å². The number of ketones is 2. The number of halogens is 2. The molecule has 1 amide bonds. The lowest BCUT2D eigenvalue weighted by Crippen LogP contribution is -2.29. The Balaban J connectivity index is 2.40. The van der Waals surface area contributed by atoms with Crippen LogP contribution >= 0.6 is 23.2 Å². The third kappa shape index (κ3) is 2.26. The van der Waals surface area contributed by atoms with Crippen LogP contribution < -0.4 is 0 Å². The molecule has 1 saturated heterocycles. The molecule has 1 aromatic rings. The first-order chi connectivity index (χ1) is 8.84. The Kier molecular flexibility index (Phi) is 3.65. The Morgan fingerprint density at radius 2 is 1.89 bits per heavy atom. The topological polar surface area (TPSA) is 54.5 Å². The summed E-state index contributed by atoms with van der Waals surface area (Å²) in [7, 11) is 1.50. The van der Waals surface area contributed by atoms with E-state index in [1.807, 2.05) is 0 Å². The van der Waals surface area contributed by atoms with Crippen molar-refractivity contribution in [2.75, 3.05) is 7.05 Å². The Morgan fingerprint density at radius 3 is 2.37 bits per heavy atom. The van der Waals surface area contributed by atoms with Crippen LogP contribution in [-0.2, 0) is 9.59 Å². The minimum Gasteiger partial charge on any atom is -0.335 e. The van der Waals surface area contributed by atoms with E-state index in [1.54, 1.807) is 6.92 Å². The molecular formula is C13H11Cl2NO3. The van der Waals surface area contributed by atoms with Gasteiger partial charge in [0.05, 0.1) is 11.1 Å². The van der Waals surface area contributed by atoms with Gasteiger partial charge in [-0.05, 0) is 25.1 Å². The lowest BCUT2D eigenvalue weighted by molar-refractivity contribution is -0.129. The smallest absolute Gasteiger partial charge is 0.241 e. The maximum absolute atomic E-state index is 12.3. The largest absolute Gasteiger partial charge is 0.335 e. The summed E-state index contributed by atoms with van der Waals surface area (Å²) in [5.74, 6) is -2.76. The molecule has 0 radical (unpaired) electrons. The fourth-order valence-electron chi connectivity index (χ4n) is 2.03. The summed E-state index contributed by atoms with van der Waals surface area (Å²) in [4.78, 5) is 37.5. The standard InChI is InChI=1S/C13H11Cl2NO3/c1-6-11(17)10(13(19)16(6)2)12(18)8-4-3-7(14)5-9(8)15/h3-6,10H,1-2H3. The number of carbonyl (C=O) groups excluding carboxylic acids is 3. The van der Waals surface area contributed by atoms with Crippen molar-refractivity contribution in [1.82, 2.24) is 4.90 Å². The molecular weight excluding hydrogens is 289 g/mol. The normalized spacial score (nSPS) is 23.1. The zero-order chi connectivity index (χ0) is 14.3. The van der Waals surface area contributed by atoms with E-state index in [0.29, 0.717) is 5.02 Å². The molecule has 1 aromatic carbocycles. The van der Waals surface area contributed by atoms with Gasteiger partial charge >= 0.3 is 0 Å². The van der Waals surface area contributed by atoms with Crippen LogP contribution in [0, 0.1) is 5.92 Å². The molecule has 0 saturated carbocycles.